The zero-order chi connectivity index (χ0) is 6.91. The van der Waals surface area contributed by atoms with Gasteiger partial charge in [-0.1, -0.05) is 11.9 Å². The van der Waals surface area contributed by atoms with Crippen LogP contribution in [-0.4, -0.2) is 6.18 Å². The van der Waals surface area contributed by atoms with E-state index >= 15 is 0 Å². The summed E-state index contributed by atoms with van der Waals surface area (Å²) < 4.78 is 34.9. The second-order valence-electron chi connectivity index (χ2n) is 1.52. The van der Waals surface area contributed by atoms with Gasteiger partial charge in [0.25, 0.3) is 0 Å². The van der Waals surface area contributed by atoms with E-state index in [0.29, 0.717) is 0 Å². The van der Waals surface area contributed by atoms with E-state index in [1.807, 2.05) is 0 Å². The zero-order valence-electron chi connectivity index (χ0n) is 4.31. The smallest absolute Gasteiger partial charge is 0.166 e. The predicted molar refractivity (Wildman–Crippen MR) is 30.2 cm³/mol. The topological polar surface area (TPSA) is 0 Å². The standard InChI is InChI=1S/C5H3F3P/c6-5(7,8)4-2-1-3-9-4/h1-3H. The molecule has 0 amide bonds. The van der Waals surface area contributed by atoms with E-state index in [4.69, 9.17) is 0 Å². The van der Waals surface area contributed by atoms with Gasteiger partial charge >= 0.3 is 6.18 Å². The van der Waals surface area contributed by atoms with Gasteiger partial charge in [-0.05, 0) is 14.7 Å². The molecular formula is C5H3F3P. The van der Waals surface area contributed by atoms with Crippen molar-refractivity contribution in [1.82, 2.24) is 0 Å². The van der Waals surface area contributed by atoms with Gasteiger partial charge in [0.2, 0.25) is 0 Å². The molecule has 0 aliphatic carbocycles. The first-order valence-electron chi connectivity index (χ1n) is 2.25. The van der Waals surface area contributed by atoms with Crippen LogP contribution in [0.25, 0.3) is 0 Å². The summed E-state index contributed by atoms with van der Waals surface area (Å²) in [6.45, 7) is 0. The molecule has 49 valence electrons. The van der Waals surface area contributed by atoms with E-state index in [1.54, 1.807) is 0 Å². The molecule has 0 saturated carbocycles. The minimum atomic E-state index is -4.13. The van der Waals surface area contributed by atoms with Crippen molar-refractivity contribution in [3.63, 3.8) is 0 Å². The number of hydrogen-bond donors (Lipinski definition) is 0. The molecule has 1 rings (SSSR count). The number of halogens is 3. The lowest BCUT2D eigenvalue weighted by Gasteiger charge is -2.03. The molecule has 0 fully saturated rings. The highest BCUT2D eigenvalue weighted by atomic mass is 31.1. The molecule has 9 heavy (non-hydrogen) atoms. The Morgan fingerprint density at radius 2 is 2.00 bits per heavy atom. The minimum Gasteiger partial charge on any atom is -0.166 e. The van der Waals surface area contributed by atoms with Crippen LogP contribution in [0, 0.1) is 0 Å². The van der Waals surface area contributed by atoms with Crippen molar-refractivity contribution in [2.75, 3.05) is 0 Å². The van der Waals surface area contributed by atoms with Crippen molar-refractivity contribution in [3.05, 3.63) is 23.3 Å². The molecule has 1 heterocycles. The zero-order valence-corrected chi connectivity index (χ0v) is 5.21. The minimum absolute atomic E-state index is 0.256. The van der Waals surface area contributed by atoms with Crippen LogP contribution < -0.4 is 0 Å². The van der Waals surface area contributed by atoms with Gasteiger partial charge in [-0.15, -0.1) is 0 Å². The van der Waals surface area contributed by atoms with Crippen molar-refractivity contribution in [2.24, 2.45) is 0 Å². The first kappa shape index (κ1) is 6.81. The molecule has 0 aromatic heterocycles. The highest BCUT2D eigenvalue weighted by Gasteiger charge is 2.33. The summed E-state index contributed by atoms with van der Waals surface area (Å²) in [5.41, 5.74) is 0. The van der Waals surface area contributed by atoms with Crippen LogP contribution in [0.2, 0.25) is 0 Å². The summed E-state index contributed by atoms with van der Waals surface area (Å²) in [5.74, 6) is 1.46. The maximum Gasteiger partial charge on any atom is 0.417 e. The Bertz CT molecular complexity index is 166. The fraction of sp³-hybridized carbons (Fsp3) is 0.200. The van der Waals surface area contributed by atoms with E-state index in [2.05, 4.69) is 0 Å². The third-order valence-electron chi connectivity index (χ3n) is 0.844. The normalized spacial score (nSPS) is 21.0. The lowest BCUT2D eigenvalue weighted by Crippen LogP contribution is -2.06. The van der Waals surface area contributed by atoms with E-state index in [1.165, 1.54) is 11.9 Å². The Balaban J connectivity index is 2.66. The number of allylic oxidation sites excluding steroid dienone is 3. The number of alkyl halides is 3. The van der Waals surface area contributed by atoms with Crippen molar-refractivity contribution >= 4 is 8.58 Å². The maximum absolute atomic E-state index is 11.6. The average Bonchev–Trinajstić information content (AvgIpc) is 2.08. The summed E-state index contributed by atoms with van der Waals surface area (Å²) in [6, 6.07) is 0. The Hall–Kier alpha value is -0.300. The van der Waals surface area contributed by atoms with Gasteiger partial charge in [-0.2, -0.15) is 13.2 Å². The van der Waals surface area contributed by atoms with Crippen LogP contribution in [-0.2, 0) is 0 Å². The van der Waals surface area contributed by atoms with E-state index in [0.717, 1.165) is 6.08 Å². The van der Waals surface area contributed by atoms with Gasteiger partial charge in [0, 0.05) is 0 Å². The van der Waals surface area contributed by atoms with Crippen LogP contribution in [0.5, 0.6) is 0 Å². The fourth-order valence-electron chi connectivity index (χ4n) is 0.468. The van der Waals surface area contributed by atoms with Crippen LogP contribution >= 0.6 is 8.58 Å². The Kier molecular flexibility index (Phi) is 1.62. The van der Waals surface area contributed by atoms with Crippen molar-refractivity contribution in [1.29, 1.82) is 0 Å². The molecule has 0 aromatic rings. The summed E-state index contributed by atoms with van der Waals surface area (Å²) in [4.78, 5) is 0. The Morgan fingerprint density at radius 1 is 1.33 bits per heavy atom. The van der Waals surface area contributed by atoms with Crippen molar-refractivity contribution < 1.29 is 13.2 Å². The third-order valence-corrected chi connectivity index (χ3v) is 1.85. The van der Waals surface area contributed by atoms with E-state index in [-0.39, 0.29) is 8.58 Å². The molecule has 0 bridgehead atoms. The van der Waals surface area contributed by atoms with Gasteiger partial charge in [-0.25, -0.2) is 0 Å². The molecule has 1 radical (unpaired) electrons. The SMILES string of the molecule is FC(F)(F)C1=CC=C[P]1. The fourth-order valence-corrected chi connectivity index (χ4v) is 1.12. The Morgan fingerprint density at radius 3 is 2.22 bits per heavy atom. The molecule has 1 aliphatic heterocycles. The first-order valence-corrected chi connectivity index (χ1v) is 3.22. The predicted octanol–water partition coefficient (Wildman–Crippen LogP) is 2.91. The molecule has 0 nitrogen and oxygen atoms in total. The van der Waals surface area contributed by atoms with Crippen LogP contribution in [0.15, 0.2) is 23.3 Å². The van der Waals surface area contributed by atoms with Gasteiger partial charge in [0.05, 0.1) is 5.31 Å². The molecule has 0 saturated heterocycles. The molecule has 4 heteroatoms. The summed E-state index contributed by atoms with van der Waals surface area (Å²) in [7, 11) is 0.256. The van der Waals surface area contributed by atoms with Crippen LogP contribution in [0.3, 0.4) is 0 Å². The molecule has 0 unspecified atom stereocenters. The second-order valence-corrected chi connectivity index (χ2v) is 2.56. The monoisotopic (exact) mass is 151 g/mol. The summed E-state index contributed by atoms with van der Waals surface area (Å²) >= 11 is 0. The molecule has 0 aromatic carbocycles. The lowest BCUT2D eigenvalue weighted by atomic mass is 10.5. The largest absolute Gasteiger partial charge is 0.417 e. The van der Waals surface area contributed by atoms with Crippen molar-refractivity contribution in [2.45, 2.75) is 6.18 Å². The molecular weight excluding hydrogens is 148 g/mol. The highest BCUT2D eigenvalue weighted by Crippen LogP contribution is 2.42. The highest BCUT2D eigenvalue weighted by molar-refractivity contribution is 7.47. The van der Waals surface area contributed by atoms with Gasteiger partial charge < -0.3 is 0 Å². The van der Waals surface area contributed by atoms with Gasteiger partial charge in [0.1, 0.15) is 0 Å². The quantitative estimate of drug-likeness (QED) is 0.467. The van der Waals surface area contributed by atoms with Crippen LogP contribution in [0.1, 0.15) is 0 Å². The summed E-state index contributed by atoms with van der Waals surface area (Å²) in [6.07, 6.45) is -1.64. The first-order chi connectivity index (χ1) is 4.11. The molecule has 1 aliphatic rings. The van der Waals surface area contributed by atoms with Crippen molar-refractivity contribution in [3.8, 4) is 0 Å². The van der Waals surface area contributed by atoms with E-state index < -0.39 is 11.5 Å². The molecule has 0 atom stereocenters. The summed E-state index contributed by atoms with van der Waals surface area (Å²) in [5, 5.41) is -0.484. The van der Waals surface area contributed by atoms with Crippen LogP contribution in [0.4, 0.5) is 13.2 Å². The third kappa shape index (κ3) is 1.55. The maximum atomic E-state index is 11.6. The molecule has 0 spiro atoms. The van der Waals surface area contributed by atoms with E-state index in [9.17, 15) is 13.2 Å². The average molecular weight is 151 g/mol. The van der Waals surface area contributed by atoms with Gasteiger partial charge in [0.15, 0.2) is 0 Å². The second kappa shape index (κ2) is 2.14. The lowest BCUT2D eigenvalue weighted by molar-refractivity contribution is -0.0838. The van der Waals surface area contributed by atoms with Gasteiger partial charge in [-0.3, -0.25) is 0 Å². The molecule has 0 N–H and O–H groups in total. The number of hydrogen-bond acceptors (Lipinski definition) is 0. The Labute approximate surface area is 52.2 Å². The number of rotatable bonds is 0.